The third-order valence-electron chi connectivity index (χ3n) is 7.40. The Balaban J connectivity index is 1.68. The fraction of sp³-hybridized carbons (Fsp3) is 0.424. The molecule has 0 radical (unpaired) electrons. The van der Waals surface area contributed by atoms with Gasteiger partial charge in [-0.1, -0.05) is 60.7 Å². The van der Waals surface area contributed by atoms with Crippen LogP contribution in [0, 0.1) is 0 Å². The molecule has 0 spiro atoms. The predicted octanol–water partition coefficient (Wildman–Crippen LogP) is 4.85. The Bertz CT molecular complexity index is 1200. The van der Waals surface area contributed by atoms with Gasteiger partial charge in [0.15, 0.2) is 0 Å². The van der Waals surface area contributed by atoms with E-state index in [9.17, 15) is 14.1 Å². The van der Waals surface area contributed by atoms with Gasteiger partial charge in [-0.15, -0.1) is 0 Å². The van der Waals surface area contributed by atoms with E-state index in [-0.39, 0.29) is 30.5 Å². The summed E-state index contributed by atoms with van der Waals surface area (Å²) in [5, 5.41) is 16.8. The molecule has 0 heterocycles. The second-order valence-corrected chi connectivity index (χ2v) is 12.8. The van der Waals surface area contributed by atoms with Crippen LogP contribution in [0.1, 0.15) is 64.0 Å². The number of carbonyl (C=O) groups excluding carboxylic acids is 1. The van der Waals surface area contributed by atoms with Crippen molar-refractivity contribution in [3.63, 3.8) is 0 Å². The maximum atomic E-state index is 13.7. The lowest BCUT2D eigenvalue weighted by atomic mass is 9.84. The van der Waals surface area contributed by atoms with Crippen LogP contribution in [0.3, 0.4) is 0 Å². The first-order valence-corrected chi connectivity index (χ1v) is 15.4. The summed E-state index contributed by atoms with van der Waals surface area (Å²) in [6.45, 7) is 7.91. The van der Waals surface area contributed by atoms with E-state index in [4.69, 9.17) is 5.73 Å². The Morgan fingerprint density at radius 1 is 0.951 bits per heavy atom. The summed E-state index contributed by atoms with van der Waals surface area (Å²) in [4.78, 5) is 14.4. The summed E-state index contributed by atoms with van der Waals surface area (Å²) in [6.07, 6.45) is 2.08. The molecule has 3 rings (SSSR count). The van der Waals surface area contributed by atoms with Gasteiger partial charge in [-0.05, 0) is 89.4 Å². The Morgan fingerprint density at radius 2 is 1.49 bits per heavy atom. The standard InChI is InChI=1S/C33H46N4O3S/c1-24(2)37(41(40)29-20-18-27(34)19-21-29)28(23-38)17-12-22-33(3,4)36-32(39)31(35-5)30(25-13-8-6-9-14-25)26-15-10-7-11-16-26/h6-11,13-16,18-21,24,28,30-31,35,38H,12,17,22-23,34H2,1-5H3,(H,36,39). The van der Waals surface area contributed by atoms with Crippen LogP contribution < -0.4 is 16.4 Å². The van der Waals surface area contributed by atoms with Crippen LogP contribution in [0.15, 0.2) is 89.8 Å². The average molecular weight is 579 g/mol. The van der Waals surface area contributed by atoms with E-state index in [1.807, 2.05) is 75.4 Å². The first kappa shape index (κ1) is 32.5. The highest BCUT2D eigenvalue weighted by molar-refractivity contribution is 7.82. The first-order valence-electron chi connectivity index (χ1n) is 14.3. The number of rotatable bonds is 15. The van der Waals surface area contributed by atoms with E-state index in [0.717, 1.165) is 17.5 Å². The van der Waals surface area contributed by atoms with Crippen molar-refractivity contribution in [3.8, 4) is 0 Å². The van der Waals surface area contributed by atoms with Gasteiger partial charge in [0.25, 0.3) is 0 Å². The molecule has 0 aliphatic heterocycles. The summed E-state index contributed by atoms with van der Waals surface area (Å²) < 4.78 is 15.3. The van der Waals surface area contributed by atoms with Gasteiger partial charge in [-0.25, -0.2) is 8.51 Å². The molecule has 0 saturated carbocycles. The molecule has 3 atom stereocenters. The lowest BCUT2D eigenvalue weighted by molar-refractivity contribution is -0.125. The summed E-state index contributed by atoms with van der Waals surface area (Å²) in [5.41, 5.74) is 8.08. The lowest BCUT2D eigenvalue weighted by Crippen LogP contribution is -2.53. The fourth-order valence-corrected chi connectivity index (χ4v) is 6.79. The normalized spacial score (nSPS) is 14.3. The second kappa shape index (κ2) is 15.3. The van der Waals surface area contributed by atoms with Gasteiger partial charge in [0.05, 0.1) is 17.5 Å². The van der Waals surface area contributed by atoms with E-state index in [1.165, 1.54) is 0 Å². The topological polar surface area (TPSA) is 108 Å². The number of nitrogens with zero attached hydrogens (tertiary/aromatic N) is 1. The van der Waals surface area contributed by atoms with Crippen LogP contribution in [0.5, 0.6) is 0 Å². The first-order chi connectivity index (χ1) is 19.6. The lowest BCUT2D eigenvalue weighted by Gasteiger charge is -2.34. The number of nitrogens with two attached hydrogens (primary N) is 1. The molecule has 1 amide bonds. The molecule has 3 aromatic rings. The quantitative estimate of drug-likeness (QED) is 0.193. The molecule has 0 fully saturated rings. The summed E-state index contributed by atoms with van der Waals surface area (Å²) in [7, 11) is 0.390. The zero-order valence-corrected chi connectivity index (χ0v) is 25.7. The van der Waals surface area contributed by atoms with Gasteiger partial charge in [0.2, 0.25) is 5.91 Å². The Kier molecular flexibility index (Phi) is 12.1. The van der Waals surface area contributed by atoms with Crippen molar-refractivity contribution in [2.75, 3.05) is 19.4 Å². The maximum absolute atomic E-state index is 13.7. The number of amides is 1. The molecule has 0 saturated heterocycles. The number of aliphatic hydroxyl groups is 1. The number of anilines is 1. The van der Waals surface area contributed by atoms with Crippen molar-refractivity contribution >= 4 is 22.6 Å². The third kappa shape index (κ3) is 8.97. The number of nitrogen functional groups attached to an aromatic ring is 1. The fourth-order valence-electron chi connectivity index (χ4n) is 5.35. The van der Waals surface area contributed by atoms with Gasteiger partial charge in [0, 0.05) is 29.2 Å². The van der Waals surface area contributed by atoms with Crippen LogP contribution in [-0.4, -0.2) is 56.8 Å². The van der Waals surface area contributed by atoms with Crippen molar-refractivity contribution in [2.24, 2.45) is 0 Å². The molecule has 3 unspecified atom stereocenters. The molecule has 0 aromatic heterocycles. The SMILES string of the molecule is CNC(C(=O)NC(C)(C)CCCC(CO)N(C(C)C)S(=O)c1ccc(N)cc1)C(c1ccccc1)c1ccccc1. The number of nitrogens with one attached hydrogen (secondary N) is 2. The minimum Gasteiger partial charge on any atom is -0.399 e. The summed E-state index contributed by atoms with van der Waals surface area (Å²) >= 11 is 0. The Labute approximate surface area is 248 Å². The smallest absolute Gasteiger partial charge is 0.238 e. The molecule has 0 aliphatic carbocycles. The summed E-state index contributed by atoms with van der Waals surface area (Å²) in [5.74, 6) is -0.220. The zero-order chi connectivity index (χ0) is 30.0. The van der Waals surface area contributed by atoms with Gasteiger partial charge < -0.3 is 21.5 Å². The zero-order valence-electron chi connectivity index (χ0n) is 24.9. The van der Waals surface area contributed by atoms with Gasteiger partial charge in [-0.2, -0.15) is 0 Å². The van der Waals surface area contributed by atoms with Gasteiger partial charge in [0.1, 0.15) is 11.0 Å². The number of hydrogen-bond acceptors (Lipinski definition) is 5. The predicted molar refractivity (Wildman–Crippen MR) is 169 cm³/mol. The number of benzene rings is 3. The molecule has 0 bridgehead atoms. The molecule has 222 valence electrons. The van der Waals surface area contributed by atoms with Crippen LogP contribution in [0.25, 0.3) is 0 Å². The molecular formula is C33H46N4O3S. The number of carbonyl (C=O) groups is 1. The van der Waals surface area contributed by atoms with Gasteiger partial charge >= 0.3 is 0 Å². The number of likely N-dealkylation sites (N-methyl/N-ethyl adjacent to an activating group) is 1. The Hall–Kier alpha value is -3.04. The second-order valence-electron chi connectivity index (χ2n) is 11.4. The van der Waals surface area contributed by atoms with Crippen molar-refractivity contribution in [1.82, 2.24) is 14.9 Å². The van der Waals surface area contributed by atoms with Crippen molar-refractivity contribution in [2.45, 2.75) is 81.4 Å². The van der Waals surface area contributed by atoms with E-state index < -0.39 is 22.6 Å². The molecule has 41 heavy (non-hydrogen) atoms. The summed E-state index contributed by atoms with van der Waals surface area (Å²) in [6, 6.07) is 26.4. The molecule has 0 aliphatic rings. The van der Waals surface area contributed by atoms with E-state index in [1.54, 1.807) is 24.3 Å². The largest absolute Gasteiger partial charge is 0.399 e. The molecule has 5 N–H and O–H groups in total. The van der Waals surface area contributed by atoms with Crippen molar-refractivity contribution < 1.29 is 14.1 Å². The average Bonchev–Trinajstić information content (AvgIpc) is 2.95. The Morgan fingerprint density at radius 3 is 1.95 bits per heavy atom. The molecule has 7 nitrogen and oxygen atoms in total. The van der Waals surface area contributed by atoms with E-state index >= 15 is 0 Å². The molecule has 8 heteroatoms. The highest BCUT2D eigenvalue weighted by Gasteiger charge is 2.33. The monoisotopic (exact) mass is 578 g/mol. The molecule has 3 aromatic carbocycles. The highest BCUT2D eigenvalue weighted by Crippen LogP contribution is 2.29. The minimum absolute atomic E-state index is 0.0393. The van der Waals surface area contributed by atoms with Crippen LogP contribution in [0.4, 0.5) is 5.69 Å². The van der Waals surface area contributed by atoms with Gasteiger partial charge in [-0.3, -0.25) is 4.79 Å². The van der Waals surface area contributed by atoms with Crippen molar-refractivity contribution in [1.29, 1.82) is 0 Å². The number of aliphatic hydroxyl groups excluding tert-OH is 1. The maximum Gasteiger partial charge on any atom is 0.238 e. The highest BCUT2D eigenvalue weighted by atomic mass is 32.2. The number of hydrogen-bond donors (Lipinski definition) is 4. The third-order valence-corrected chi connectivity index (χ3v) is 9.18. The minimum atomic E-state index is -1.43. The molecular weight excluding hydrogens is 532 g/mol. The van der Waals surface area contributed by atoms with E-state index in [2.05, 4.69) is 34.9 Å². The van der Waals surface area contributed by atoms with Crippen LogP contribution >= 0.6 is 0 Å². The van der Waals surface area contributed by atoms with Crippen LogP contribution in [-0.2, 0) is 15.8 Å². The van der Waals surface area contributed by atoms with E-state index in [0.29, 0.717) is 23.4 Å². The van der Waals surface area contributed by atoms with Crippen molar-refractivity contribution in [3.05, 3.63) is 96.1 Å². The van der Waals surface area contributed by atoms with Crippen LogP contribution in [0.2, 0.25) is 0 Å².